The van der Waals surface area contributed by atoms with Crippen molar-refractivity contribution in [3.63, 3.8) is 0 Å². The molecule has 1 aromatic rings. The third-order valence-electron chi connectivity index (χ3n) is 1.67. The second-order valence-electron chi connectivity index (χ2n) is 2.72. The topological polar surface area (TPSA) is 43.1 Å². The number of amides is 1. The van der Waals surface area contributed by atoms with Gasteiger partial charge in [-0.2, -0.15) is 0 Å². The second kappa shape index (κ2) is 4.41. The lowest BCUT2D eigenvalue weighted by molar-refractivity contribution is 0.0999. The summed E-state index contributed by atoms with van der Waals surface area (Å²) < 4.78 is 0.992. The second-order valence-corrected chi connectivity index (χ2v) is 4.24. The number of nitrogens with two attached hydrogens (primary N) is 1. The van der Waals surface area contributed by atoms with Crippen molar-refractivity contribution in [2.24, 2.45) is 5.73 Å². The molecule has 0 aliphatic rings. The first-order valence-corrected chi connectivity index (χ1v) is 4.90. The van der Waals surface area contributed by atoms with Gasteiger partial charge in [-0.05, 0) is 37.8 Å². The first kappa shape index (κ1) is 10.2. The molecule has 0 bridgehead atoms. The summed E-state index contributed by atoms with van der Waals surface area (Å²) >= 11 is 2.14. The minimum atomic E-state index is -0.381. The van der Waals surface area contributed by atoms with Crippen LogP contribution in [0.4, 0.5) is 0 Å². The van der Waals surface area contributed by atoms with E-state index in [-0.39, 0.29) is 5.91 Å². The van der Waals surface area contributed by atoms with Crippen LogP contribution in [0, 0.1) is 0 Å². The van der Waals surface area contributed by atoms with Gasteiger partial charge in [-0.3, -0.25) is 4.79 Å². The molecule has 1 amide bonds. The Balaban J connectivity index is 3.04. The molecule has 0 aliphatic heterocycles. The normalized spacial score (nSPS) is 9.62. The fraction of sp³-hybridized carbons (Fsp3) is 0.100. The van der Waals surface area contributed by atoms with Crippen LogP contribution in [0.1, 0.15) is 15.9 Å². The molecule has 0 aliphatic carbocycles. The van der Waals surface area contributed by atoms with E-state index in [0.717, 1.165) is 9.14 Å². The van der Waals surface area contributed by atoms with Crippen molar-refractivity contribution in [3.8, 4) is 0 Å². The van der Waals surface area contributed by atoms with E-state index in [1.165, 1.54) is 0 Å². The van der Waals surface area contributed by atoms with Crippen LogP contribution in [0.25, 0.3) is 0 Å². The minimum Gasteiger partial charge on any atom is -0.366 e. The van der Waals surface area contributed by atoms with E-state index in [2.05, 4.69) is 29.2 Å². The molecule has 0 aromatic heterocycles. The first-order chi connectivity index (χ1) is 6.11. The Labute approximate surface area is 91.0 Å². The predicted molar refractivity (Wildman–Crippen MR) is 61.8 cm³/mol. The van der Waals surface area contributed by atoms with Crippen LogP contribution < -0.4 is 5.73 Å². The molecule has 0 atom stereocenters. The zero-order valence-electron chi connectivity index (χ0n) is 7.09. The molecule has 3 heteroatoms. The third kappa shape index (κ3) is 2.84. The lowest BCUT2D eigenvalue weighted by atomic mass is 10.0. The summed E-state index contributed by atoms with van der Waals surface area (Å²) in [6.45, 7) is 3.79. The number of halogens is 1. The molecule has 0 spiro atoms. The summed E-state index contributed by atoms with van der Waals surface area (Å²) in [7, 11) is 0. The number of rotatable bonds is 3. The summed E-state index contributed by atoms with van der Waals surface area (Å²) in [6.07, 6.45) is 0.694. The fourth-order valence-electron chi connectivity index (χ4n) is 1.12. The molecule has 2 nitrogen and oxygen atoms in total. The maximum atomic E-state index is 11.0. The van der Waals surface area contributed by atoms with E-state index >= 15 is 0 Å². The van der Waals surface area contributed by atoms with E-state index in [4.69, 9.17) is 5.73 Å². The smallest absolute Gasteiger partial charge is 0.248 e. The van der Waals surface area contributed by atoms with E-state index in [0.29, 0.717) is 12.0 Å². The summed E-state index contributed by atoms with van der Waals surface area (Å²) in [6, 6.07) is 7.32. The fourth-order valence-corrected chi connectivity index (χ4v) is 1.53. The average molecular weight is 287 g/mol. The maximum absolute atomic E-state index is 11.0. The number of primary amides is 1. The molecule has 68 valence electrons. The zero-order valence-corrected chi connectivity index (χ0v) is 9.24. The Morgan fingerprint density at radius 3 is 2.62 bits per heavy atom. The molecule has 13 heavy (non-hydrogen) atoms. The van der Waals surface area contributed by atoms with Crippen molar-refractivity contribution in [2.45, 2.75) is 6.42 Å². The molecule has 0 saturated carbocycles. The van der Waals surface area contributed by atoms with Crippen LogP contribution in [0.2, 0.25) is 0 Å². The first-order valence-electron chi connectivity index (χ1n) is 3.82. The van der Waals surface area contributed by atoms with Crippen LogP contribution in [0.3, 0.4) is 0 Å². The minimum absolute atomic E-state index is 0.381. The number of hydrogen-bond acceptors (Lipinski definition) is 1. The van der Waals surface area contributed by atoms with Crippen LogP contribution in [0.5, 0.6) is 0 Å². The lowest BCUT2D eigenvalue weighted by Crippen LogP contribution is -2.13. The number of carbonyl (C=O) groups is 1. The quantitative estimate of drug-likeness (QED) is 0.851. The average Bonchev–Trinajstić information content (AvgIpc) is 2.03. The van der Waals surface area contributed by atoms with Crippen LogP contribution in [-0.2, 0) is 6.42 Å². The largest absolute Gasteiger partial charge is 0.366 e. The number of allylic oxidation sites excluding steroid dienone is 1. The Bertz CT molecular complexity index is 347. The van der Waals surface area contributed by atoms with Gasteiger partial charge in [0.05, 0.1) is 0 Å². The Morgan fingerprint density at radius 2 is 2.08 bits per heavy atom. The highest BCUT2D eigenvalue weighted by atomic mass is 127. The highest BCUT2D eigenvalue weighted by molar-refractivity contribution is 14.1. The summed E-state index contributed by atoms with van der Waals surface area (Å²) in [4.78, 5) is 11.0. The standard InChI is InChI=1S/C10H10INO/c1-7(11)6-8-4-2-3-5-9(8)10(12)13/h2-5H,1,6H2,(H2,12,13). The molecule has 1 aromatic carbocycles. The van der Waals surface area contributed by atoms with Gasteiger partial charge < -0.3 is 5.73 Å². The van der Waals surface area contributed by atoms with Gasteiger partial charge in [0.15, 0.2) is 0 Å². The van der Waals surface area contributed by atoms with Gasteiger partial charge in [0.1, 0.15) is 0 Å². The molecule has 0 heterocycles. The van der Waals surface area contributed by atoms with Crippen molar-refractivity contribution in [1.82, 2.24) is 0 Å². The number of carbonyl (C=O) groups excluding carboxylic acids is 1. The molecular weight excluding hydrogens is 277 g/mol. The van der Waals surface area contributed by atoms with Gasteiger partial charge in [-0.25, -0.2) is 0 Å². The van der Waals surface area contributed by atoms with Gasteiger partial charge in [-0.15, -0.1) is 0 Å². The number of hydrogen-bond donors (Lipinski definition) is 1. The molecule has 0 radical (unpaired) electrons. The number of benzene rings is 1. The van der Waals surface area contributed by atoms with Gasteiger partial charge in [0.2, 0.25) is 5.91 Å². The highest BCUT2D eigenvalue weighted by Gasteiger charge is 2.06. The molecule has 0 unspecified atom stereocenters. The van der Waals surface area contributed by atoms with E-state index < -0.39 is 0 Å². The molecule has 0 fully saturated rings. The summed E-state index contributed by atoms with van der Waals surface area (Å²) in [5.41, 5.74) is 6.74. The van der Waals surface area contributed by atoms with Gasteiger partial charge >= 0.3 is 0 Å². The van der Waals surface area contributed by atoms with Crippen molar-refractivity contribution in [1.29, 1.82) is 0 Å². The van der Waals surface area contributed by atoms with Crippen molar-refractivity contribution >= 4 is 28.5 Å². The Morgan fingerprint density at radius 1 is 1.46 bits per heavy atom. The molecule has 0 saturated heterocycles. The van der Waals surface area contributed by atoms with Crippen molar-refractivity contribution < 1.29 is 4.79 Å². The van der Waals surface area contributed by atoms with E-state index in [9.17, 15) is 4.79 Å². The van der Waals surface area contributed by atoms with Gasteiger partial charge in [-0.1, -0.05) is 24.8 Å². The molecular formula is C10H10INO. The maximum Gasteiger partial charge on any atom is 0.248 e. The van der Waals surface area contributed by atoms with Gasteiger partial charge in [0.25, 0.3) is 0 Å². The summed E-state index contributed by atoms with van der Waals surface area (Å²) in [5.74, 6) is -0.381. The van der Waals surface area contributed by atoms with E-state index in [1.807, 2.05) is 12.1 Å². The SMILES string of the molecule is C=C(I)Cc1ccccc1C(N)=O. The van der Waals surface area contributed by atoms with Crippen molar-refractivity contribution in [3.05, 3.63) is 45.6 Å². The predicted octanol–water partition coefficient (Wildman–Crippen LogP) is 2.28. The third-order valence-corrected chi connectivity index (χ3v) is 2.05. The highest BCUT2D eigenvalue weighted by Crippen LogP contribution is 2.15. The van der Waals surface area contributed by atoms with Crippen LogP contribution in [-0.4, -0.2) is 5.91 Å². The van der Waals surface area contributed by atoms with E-state index in [1.54, 1.807) is 12.1 Å². The molecule has 1 rings (SSSR count). The summed E-state index contributed by atoms with van der Waals surface area (Å²) in [5, 5.41) is 0. The van der Waals surface area contributed by atoms with Gasteiger partial charge in [0, 0.05) is 12.0 Å². The molecule has 2 N–H and O–H groups in total. The van der Waals surface area contributed by atoms with Crippen LogP contribution >= 0.6 is 22.6 Å². The Hall–Kier alpha value is -0.840. The van der Waals surface area contributed by atoms with Crippen LogP contribution in [0.15, 0.2) is 34.4 Å². The monoisotopic (exact) mass is 287 g/mol. The Kier molecular flexibility index (Phi) is 3.48. The zero-order chi connectivity index (χ0) is 9.84. The lowest BCUT2D eigenvalue weighted by Gasteiger charge is -2.04. The van der Waals surface area contributed by atoms with Crippen molar-refractivity contribution in [2.75, 3.05) is 0 Å².